The van der Waals surface area contributed by atoms with Crippen molar-refractivity contribution in [1.29, 1.82) is 0 Å². The number of nitrogens with zero attached hydrogens (tertiary/aromatic N) is 2. The first-order chi connectivity index (χ1) is 19.9. The molecule has 0 spiro atoms. The largest absolute Gasteiger partial charge is 0.482 e. The summed E-state index contributed by atoms with van der Waals surface area (Å²) in [4.78, 5) is 18.0. The number of nitrogens with one attached hydrogen (secondary N) is 1. The number of Topliss-reactive ketones (excluding diaryl/α,β-unsaturated/α-hetero) is 1. The van der Waals surface area contributed by atoms with Crippen LogP contribution in [0.1, 0.15) is 24.0 Å². The summed E-state index contributed by atoms with van der Waals surface area (Å²) in [7, 11) is 0. The Morgan fingerprint density at radius 3 is 2.41 bits per heavy atom. The number of hydrogen-bond donors (Lipinski definition) is 1. The molecule has 0 amide bonds. The number of anilines is 2. The summed E-state index contributed by atoms with van der Waals surface area (Å²) < 4.78 is 49.4. The highest BCUT2D eigenvalue weighted by molar-refractivity contribution is 5.85. The molecule has 9 heteroatoms. The molecule has 0 saturated carbocycles. The third-order valence-corrected chi connectivity index (χ3v) is 7.70. The van der Waals surface area contributed by atoms with E-state index >= 15 is 0 Å². The molecule has 2 atom stereocenters. The van der Waals surface area contributed by atoms with E-state index in [1.54, 1.807) is 24.3 Å². The monoisotopic (exact) mass is 567 g/mol. The van der Waals surface area contributed by atoms with Gasteiger partial charge in [-0.3, -0.25) is 9.69 Å². The number of ketones is 1. The number of rotatable bonds is 11. The molecule has 1 saturated heterocycles. The Hall–Kier alpha value is -3.56. The molecular weight excluding hydrogens is 531 g/mol. The van der Waals surface area contributed by atoms with Crippen LogP contribution in [-0.4, -0.2) is 68.3 Å². The van der Waals surface area contributed by atoms with Crippen molar-refractivity contribution in [3.8, 4) is 5.75 Å². The molecule has 0 bridgehead atoms. The van der Waals surface area contributed by atoms with Crippen molar-refractivity contribution >= 4 is 17.2 Å². The summed E-state index contributed by atoms with van der Waals surface area (Å²) in [6.07, 6.45) is -2.36. The molecule has 0 aliphatic carbocycles. The number of ether oxygens (including phenoxy) is 2. The second-order valence-electron chi connectivity index (χ2n) is 10.5. The fourth-order valence-electron chi connectivity index (χ4n) is 5.71. The first-order valence-electron chi connectivity index (χ1n) is 14.1. The molecular formula is C32H36F3N3O3. The number of piperazine rings is 1. The van der Waals surface area contributed by atoms with Crippen LogP contribution in [0.2, 0.25) is 0 Å². The molecule has 1 N–H and O–H groups in total. The summed E-state index contributed by atoms with van der Waals surface area (Å²) >= 11 is 0. The standard InChI is InChI=1S/C32H36F3N3O3/c33-32(34,35)23-41-30-13-7-6-12-28(30)37-17-19-38(20-18-37)31(27-15-14-25-10-4-5-11-26(25)36-27)29(39)16-21-40-22-24-8-2-1-3-9-24/h1-13,27,31,36H,14-23H2. The lowest BCUT2D eigenvalue weighted by Crippen LogP contribution is -2.59. The van der Waals surface area contributed by atoms with Gasteiger partial charge in [0.05, 0.1) is 24.9 Å². The van der Waals surface area contributed by atoms with Gasteiger partial charge in [-0.1, -0.05) is 60.7 Å². The maximum absolute atomic E-state index is 13.7. The minimum Gasteiger partial charge on any atom is -0.482 e. The summed E-state index contributed by atoms with van der Waals surface area (Å²) in [5.74, 6) is 0.351. The van der Waals surface area contributed by atoms with Gasteiger partial charge in [0.1, 0.15) is 5.75 Å². The van der Waals surface area contributed by atoms with Gasteiger partial charge >= 0.3 is 6.18 Å². The summed E-state index contributed by atoms with van der Waals surface area (Å²) in [5.41, 5.74) is 4.02. The van der Waals surface area contributed by atoms with Gasteiger partial charge in [0.2, 0.25) is 0 Å². The van der Waals surface area contributed by atoms with E-state index in [2.05, 4.69) is 22.3 Å². The quantitative estimate of drug-likeness (QED) is 0.299. The van der Waals surface area contributed by atoms with Crippen LogP contribution in [-0.2, 0) is 22.6 Å². The van der Waals surface area contributed by atoms with Crippen LogP contribution in [0, 0.1) is 0 Å². The molecule has 2 aliphatic heterocycles. The third-order valence-electron chi connectivity index (χ3n) is 7.70. The normalized spacial score (nSPS) is 18.3. The zero-order valence-electron chi connectivity index (χ0n) is 23.0. The average Bonchev–Trinajstić information content (AvgIpc) is 2.99. The van der Waals surface area contributed by atoms with Crippen molar-refractivity contribution in [3.63, 3.8) is 0 Å². The molecule has 0 radical (unpaired) electrons. The highest BCUT2D eigenvalue weighted by Gasteiger charge is 2.37. The van der Waals surface area contributed by atoms with Crippen molar-refractivity contribution in [2.24, 2.45) is 0 Å². The van der Waals surface area contributed by atoms with E-state index in [-0.39, 0.29) is 23.6 Å². The van der Waals surface area contributed by atoms with E-state index in [1.807, 2.05) is 47.4 Å². The number of hydrogen-bond acceptors (Lipinski definition) is 6. The van der Waals surface area contributed by atoms with Gasteiger partial charge < -0.3 is 19.7 Å². The number of carbonyl (C=O) groups is 1. The molecule has 0 aromatic heterocycles. The maximum atomic E-state index is 13.7. The molecule has 3 aromatic carbocycles. The molecule has 6 nitrogen and oxygen atoms in total. The number of fused-ring (bicyclic) bond motifs is 1. The first-order valence-corrected chi connectivity index (χ1v) is 14.1. The van der Waals surface area contributed by atoms with E-state index in [0.29, 0.717) is 51.5 Å². The van der Waals surface area contributed by atoms with Crippen molar-refractivity contribution < 1.29 is 27.4 Å². The van der Waals surface area contributed by atoms with Gasteiger partial charge in [-0.25, -0.2) is 0 Å². The van der Waals surface area contributed by atoms with Gasteiger partial charge in [0.25, 0.3) is 0 Å². The van der Waals surface area contributed by atoms with Crippen LogP contribution in [0.15, 0.2) is 78.9 Å². The molecule has 2 aliphatic rings. The van der Waals surface area contributed by atoms with Gasteiger partial charge in [0, 0.05) is 44.3 Å². The van der Waals surface area contributed by atoms with Crippen LogP contribution in [0.25, 0.3) is 0 Å². The zero-order valence-corrected chi connectivity index (χ0v) is 23.0. The lowest BCUT2D eigenvalue weighted by Gasteiger charge is -2.44. The Morgan fingerprint density at radius 1 is 0.927 bits per heavy atom. The van der Waals surface area contributed by atoms with E-state index in [4.69, 9.17) is 9.47 Å². The topological polar surface area (TPSA) is 54.0 Å². The lowest BCUT2D eigenvalue weighted by molar-refractivity contribution is -0.153. The van der Waals surface area contributed by atoms with Crippen molar-refractivity contribution in [1.82, 2.24) is 4.90 Å². The SMILES string of the molecule is O=C(CCOCc1ccccc1)C(C1CCc2ccccc2N1)N1CCN(c2ccccc2OCC(F)(F)F)CC1. The number of alkyl halides is 3. The molecule has 41 heavy (non-hydrogen) atoms. The van der Waals surface area contributed by atoms with Crippen LogP contribution >= 0.6 is 0 Å². The summed E-state index contributed by atoms with van der Waals surface area (Å²) in [6, 6.07) is 24.5. The third kappa shape index (κ3) is 7.80. The number of aryl methyl sites for hydroxylation is 1. The van der Waals surface area contributed by atoms with Crippen molar-refractivity contribution in [3.05, 3.63) is 90.0 Å². The number of carbonyl (C=O) groups excluding carboxylic acids is 1. The fourth-order valence-corrected chi connectivity index (χ4v) is 5.71. The lowest BCUT2D eigenvalue weighted by atomic mass is 9.89. The summed E-state index contributed by atoms with van der Waals surface area (Å²) in [6.45, 7) is 1.83. The summed E-state index contributed by atoms with van der Waals surface area (Å²) in [5, 5.41) is 3.63. The van der Waals surface area contributed by atoms with Crippen LogP contribution < -0.4 is 15.0 Å². The van der Waals surface area contributed by atoms with Gasteiger partial charge in [-0.15, -0.1) is 0 Å². The Kier molecular flexibility index (Phi) is 9.46. The average molecular weight is 568 g/mol. The minimum atomic E-state index is -4.41. The van der Waals surface area contributed by atoms with Crippen molar-refractivity contribution in [2.75, 3.05) is 49.6 Å². The van der Waals surface area contributed by atoms with Crippen molar-refractivity contribution in [2.45, 2.75) is 44.1 Å². The highest BCUT2D eigenvalue weighted by atomic mass is 19.4. The second kappa shape index (κ2) is 13.4. The second-order valence-corrected chi connectivity index (χ2v) is 10.5. The molecule has 3 aromatic rings. The Labute approximate surface area is 239 Å². The van der Waals surface area contributed by atoms with Gasteiger partial charge in [0.15, 0.2) is 12.4 Å². The molecule has 5 rings (SSSR count). The first kappa shape index (κ1) is 29.0. The van der Waals surface area contributed by atoms with E-state index in [0.717, 1.165) is 24.1 Å². The minimum absolute atomic E-state index is 0.0412. The molecule has 1 fully saturated rings. The molecule has 2 unspecified atom stereocenters. The van der Waals surface area contributed by atoms with Crippen LogP contribution in [0.4, 0.5) is 24.5 Å². The number of para-hydroxylation sites is 3. The van der Waals surface area contributed by atoms with E-state index < -0.39 is 12.8 Å². The smallest absolute Gasteiger partial charge is 0.422 e. The Morgan fingerprint density at radius 2 is 1.63 bits per heavy atom. The van der Waals surface area contributed by atoms with E-state index in [9.17, 15) is 18.0 Å². The van der Waals surface area contributed by atoms with Gasteiger partial charge in [-0.05, 0) is 42.2 Å². The predicted molar refractivity (Wildman–Crippen MR) is 153 cm³/mol. The zero-order chi connectivity index (χ0) is 28.7. The fraction of sp³-hybridized carbons (Fsp3) is 0.406. The maximum Gasteiger partial charge on any atom is 0.422 e. The highest BCUT2D eigenvalue weighted by Crippen LogP contribution is 2.32. The van der Waals surface area contributed by atoms with Crippen LogP contribution in [0.3, 0.4) is 0 Å². The molecule has 218 valence electrons. The Bertz CT molecular complexity index is 1280. The van der Waals surface area contributed by atoms with E-state index in [1.165, 1.54) is 5.56 Å². The number of benzene rings is 3. The number of halogens is 3. The predicted octanol–water partition coefficient (Wildman–Crippen LogP) is 5.72. The van der Waals surface area contributed by atoms with Crippen LogP contribution in [0.5, 0.6) is 5.75 Å². The molecule has 2 heterocycles. The Balaban J connectivity index is 1.25. The van der Waals surface area contributed by atoms with Gasteiger partial charge in [-0.2, -0.15) is 13.2 Å².